The summed E-state index contributed by atoms with van der Waals surface area (Å²) in [6.07, 6.45) is -5.10. The monoisotopic (exact) mass is 277 g/mol. The molecule has 14 heavy (non-hydrogen) atoms. The molecule has 1 heterocycles. The van der Waals surface area contributed by atoms with Gasteiger partial charge in [0.1, 0.15) is 0 Å². The molecule has 0 N–H and O–H groups in total. The average Bonchev–Trinajstić information content (AvgIpc) is 1.97. The van der Waals surface area contributed by atoms with Gasteiger partial charge in [0.05, 0.1) is 4.47 Å². The zero-order valence-electron chi connectivity index (χ0n) is 6.20. The van der Waals surface area contributed by atoms with E-state index in [0.717, 1.165) is 0 Å². The topological polar surface area (TPSA) is 22.1 Å². The Morgan fingerprint density at radius 3 is 2.36 bits per heavy atom. The van der Waals surface area contributed by atoms with Gasteiger partial charge in [-0.2, -0.15) is 9.37 Å². The molecule has 0 unspecified atom stereocenters. The quantitative estimate of drug-likeness (QED) is 0.582. The lowest BCUT2D eigenvalue weighted by atomic mass is 10.4. The Labute approximate surface area is 82.8 Å². The van der Waals surface area contributed by atoms with Crippen molar-refractivity contribution in [2.24, 2.45) is 0 Å². The third-order valence-electron chi connectivity index (χ3n) is 1.07. The molecule has 1 aromatic heterocycles. The van der Waals surface area contributed by atoms with Gasteiger partial charge < -0.3 is 4.74 Å². The van der Waals surface area contributed by atoms with Crippen LogP contribution in [0.1, 0.15) is 0 Å². The molecule has 0 fully saturated rings. The Balaban J connectivity index is 3.04. The van der Waals surface area contributed by atoms with Crippen LogP contribution in [0.3, 0.4) is 0 Å². The van der Waals surface area contributed by atoms with Crippen molar-refractivity contribution < 1.29 is 26.7 Å². The fraction of sp³-hybridized carbons (Fsp3) is 0.167. The minimum atomic E-state index is -5.10. The van der Waals surface area contributed by atoms with Crippen molar-refractivity contribution in [1.82, 2.24) is 4.98 Å². The number of pyridine rings is 1. The molecule has 0 aliphatic rings. The highest BCUT2D eigenvalue weighted by Crippen LogP contribution is 2.26. The highest BCUT2D eigenvalue weighted by Gasteiger charge is 2.33. The normalized spacial score (nSPS) is 11.6. The van der Waals surface area contributed by atoms with E-state index in [1.165, 1.54) is 0 Å². The molecule has 0 amide bonds. The summed E-state index contributed by atoms with van der Waals surface area (Å²) >= 11 is 2.55. The Hall–Kier alpha value is -0.920. The summed E-state index contributed by atoms with van der Waals surface area (Å²) in [4.78, 5) is 2.63. The molecular weight excluding hydrogens is 277 g/mol. The van der Waals surface area contributed by atoms with E-state index in [0.29, 0.717) is 6.07 Å². The second kappa shape index (κ2) is 3.68. The van der Waals surface area contributed by atoms with Crippen LogP contribution in [0, 0.1) is 11.8 Å². The first-order chi connectivity index (χ1) is 6.29. The predicted octanol–water partition coefficient (Wildman–Crippen LogP) is 3.02. The maximum absolute atomic E-state index is 12.7. The van der Waals surface area contributed by atoms with Crippen LogP contribution in [0.25, 0.3) is 0 Å². The molecule has 78 valence electrons. The smallest absolute Gasteiger partial charge is 0.385 e. The van der Waals surface area contributed by atoms with Crippen molar-refractivity contribution in [2.45, 2.75) is 6.36 Å². The number of nitrogens with zero attached hydrogens (tertiary/aromatic N) is 1. The number of ether oxygens (including phenoxy) is 1. The van der Waals surface area contributed by atoms with Crippen molar-refractivity contribution in [1.29, 1.82) is 0 Å². The standard InChI is InChI=1S/C6HBrF5NO/c7-2-1-3(8)5(13-4(2)9)14-6(10,11)12/h1H. The molecule has 0 saturated carbocycles. The van der Waals surface area contributed by atoms with E-state index >= 15 is 0 Å². The van der Waals surface area contributed by atoms with Crippen LogP contribution in [-0.4, -0.2) is 11.3 Å². The third kappa shape index (κ3) is 2.79. The lowest BCUT2D eigenvalue weighted by molar-refractivity contribution is -0.277. The number of halogens is 6. The minimum absolute atomic E-state index is 0.385. The first-order valence-electron chi connectivity index (χ1n) is 3.07. The largest absolute Gasteiger partial charge is 0.574 e. The van der Waals surface area contributed by atoms with Crippen LogP contribution in [0.15, 0.2) is 10.5 Å². The van der Waals surface area contributed by atoms with Gasteiger partial charge in [-0.05, 0) is 22.0 Å². The second-order valence-corrected chi connectivity index (χ2v) is 2.95. The van der Waals surface area contributed by atoms with Gasteiger partial charge in [-0.15, -0.1) is 13.2 Å². The molecule has 0 bridgehead atoms. The summed E-state index contributed by atoms with van der Waals surface area (Å²) in [5.74, 6) is -4.14. The Kier molecular flexibility index (Phi) is 2.93. The van der Waals surface area contributed by atoms with Crippen LogP contribution in [-0.2, 0) is 0 Å². The minimum Gasteiger partial charge on any atom is -0.385 e. The van der Waals surface area contributed by atoms with Crippen molar-refractivity contribution in [2.75, 3.05) is 0 Å². The zero-order chi connectivity index (χ0) is 10.9. The van der Waals surface area contributed by atoms with Crippen molar-refractivity contribution in [3.63, 3.8) is 0 Å². The molecule has 8 heteroatoms. The van der Waals surface area contributed by atoms with Crippen LogP contribution in [0.4, 0.5) is 22.0 Å². The lowest BCUT2D eigenvalue weighted by Crippen LogP contribution is -2.19. The van der Waals surface area contributed by atoms with E-state index in [1.54, 1.807) is 0 Å². The number of hydrogen-bond acceptors (Lipinski definition) is 2. The molecule has 0 saturated heterocycles. The number of alkyl halides is 3. The molecule has 0 aliphatic heterocycles. The summed E-state index contributed by atoms with van der Waals surface area (Å²) in [5, 5.41) is 0. The second-order valence-electron chi connectivity index (χ2n) is 2.10. The molecule has 0 atom stereocenters. The van der Waals surface area contributed by atoms with E-state index in [4.69, 9.17) is 0 Å². The van der Waals surface area contributed by atoms with Crippen LogP contribution in [0.2, 0.25) is 0 Å². The van der Waals surface area contributed by atoms with E-state index < -0.39 is 24.0 Å². The van der Waals surface area contributed by atoms with E-state index in [9.17, 15) is 22.0 Å². The van der Waals surface area contributed by atoms with Crippen LogP contribution >= 0.6 is 15.9 Å². The maximum Gasteiger partial charge on any atom is 0.574 e. The zero-order valence-corrected chi connectivity index (χ0v) is 7.79. The summed E-state index contributed by atoms with van der Waals surface area (Å²) in [5.41, 5.74) is 0. The van der Waals surface area contributed by atoms with Gasteiger partial charge in [-0.3, -0.25) is 0 Å². The van der Waals surface area contributed by atoms with Gasteiger partial charge >= 0.3 is 6.36 Å². The summed E-state index contributed by atoms with van der Waals surface area (Å²) in [6, 6.07) is 0.489. The molecule has 0 aliphatic carbocycles. The molecule has 0 spiro atoms. The first-order valence-corrected chi connectivity index (χ1v) is 3.86. The molecule has 0 radical (unpaired) electrons. The van der Waals surface area contributed by atoms with Crippen molar-refractivity contribution in [3.05, 3.63) is 22.3 Å². The SMILES string of the molecule is Fc1cc(Br)c(F)nc1OC(F)(F)F. The van der Waals surface area contributed by atoms with E-state index in [-0.39, 0.29) is 4.47 Å². The fourth-order valence-corrected chi connectivity index (χ4v) is 0.899. The Bertz CT molecular complexity index is 353. The van der Waals surface area contributed by atoms with Gasteiger partial charge in [0.25, 0.3) is 5.88 Å². The summed E-state index contributed by atoms with van der Waals surface area (Å²) < 4.78 is 62.7. The van der Waals surface area contributed by atoms with Gasteiger partial charge in [-0.25, -0.2) is 4.39 Å². The predicted molar refractivity (Wildman–Crippen MR) is 38.5 cm³/mol. The molecule has 1 aromatic rings. The lowest BCUT2D eigenvalue weighted by Gasteiger charge is -2.08. The van der Waals surface area contributed by atoms with Crippen molar-refractivity contribution in [3.8, 4) is 5.88 Å². The molecule has 1 rings (SSSR count). The maximum atomic E-state index is 12.7. The average molecular weight is 278 g/mol. The highest BCUT2D eigenvalue weighted by molar-refractivity contribution is 9.10. The molecule has 0 aromatic carbocycles. The number of aromatic nitrogens is 1. The van der Waals surface area contributed by atoms with E-state index in [2.05, 4.69) is 25.7 Å². The first kappa shape index (κ1) is 11.2. The Morgan fingerprint density at radius 1 is 1.29 bits per heavy atom. The van der Waals surface area contributed by atoms with Gasteiger partial charge in [0.15, 0.2) is 5.82 Å². The Morgan fingerprint density at radius 2 is 1.86 bits per heavy atom. The van der Waals surface area contributed by atoms with Gasteiger partial charge in [0.2, 0.25) is 5.95 Å². The number of rotatable bonds is 1. The molecular formula is C6HBrF5NO. The fourth-order valence-electron chi connectivity index (χ4n) is 0.610. The third-order valence-corrected chi connectivity index (χ3v) is 1.62. The van der Waals surface area contributed by atoms with Gasteiger partial charge in [0, 0.05) is 0 Å². The number of hydrogen-bond donors (Lipinski definition) is 0. The van der Waals surface area contributed by atoms with Crippen molar-refractivity contribution >= 4 is 15.9 Å². The molecule has 2 nitrogen and oxygen atoms in total. The van der Waals surface area contributed by atoms with Crippen LogP contribution in [0.5, 0.6) is 5.88 Å². The summed E-state index contributed by atoms with van der Waals surface area (Å²) in [6.45, 7) is 0. The summed E-state index contributed by atoms with van der Waals surface area (Å²) in [7, 11) is 0. The van der Waals surface area contributed by atoms with Crippen LogP contribution < -0.4 is 4.74 Å². The highest BCUT2D eigenvalue weighted by atomic mass is 79.9. The van der Waals surface area contributed by atoms with E-state index in [1.807, 2.05) is 0 Å². The van der Waals surface area contributed by atoms with Gasteiger partial charge in [-0.1, -0.05) is 0 Å².